The summed E-state index contributed by atoms with van der Waals surface area (Å²) in [5.74, 6) is -1.54. The Labute approximate surface area is 232 Å². The van der Waals surface area contributed by atoms with Gasteiger partial charge in [0.15, 0.2) is 0 Å². The predicted molar refractivity (Wildman–Crippen MR) is 140 cm³/mol. The molecule has 1 aromatic heterocycles. The van der Waals surface area contributed by atoms with Gasteiger partial charge in [-0.1, -0.05) is 23.7 Å². The molecule has 3 rings (SSSR count). The highest BCUT2D eigenvalue weighted by molar-refractivity contribution is 7.46. The highest BCUT2D eigenvalue weighted by Crippen LogP contribution is 2.35. The fraction of sp³-hybridized carbons (Fsp3) is 0.292. The summed E-state index contributed by atoms with van der Waals surface area (Å²) in [5.41, 5.74) is 3.15. The van der Waals surface area contributed by atoms with E-state index in [1.807, 2.05) is 0 Å². The molecule has 4 N–H and O–H groups in total. The zero-order chi connectivity index (χ0) is 29.3. The molecule has 1 heterocycles. The maximum Gasteiger partial charge on any atom is 0.469 e. The number of hydrogen-bond acceptors (Lipinski definition) is 8. The van der Waals surface area contributed by atoms with Crippen LogP contribution in [0.15, 0.2) is 48.7 Å². The highest BCUT2D eigenvalue weighted by Gasteiger charge is 2.24. The van der Waals surface area contributed by atoms with Crippen LogP contribution in [0.1, 0.15) is 12.5 Å². The quantitative estimate of drug-likeness (QED) is 0.129. The Hall–Kier alpha value is -3.23. The monoisotopic (exact) mass is 602 g/mol. The maximum atomic E-state index is 13.8. The van der Waals surface area contributed by atoms with Crippen LogP contribution in [0, 0.1) is 11.6 Å². The van der Waals surface area contributed by atoms with Crippen molar-refractivity contribution >= 4 is 48.0 Å². The summed E-state index contributed by atoms with van der Waals surface area (Å²) in [5, 5.41) is 4.52. The number of phosphoric ester groups is 1. The first-order valence-corrected chi connectivity index (χ1v) is 13.6. The number of ether oxygens (including phenoxy) is 2. The fourth-order valence-corrected chi connectivity index (χ4v) is 3.98. The highest BCUT2D eigenvalue weighted by atomic mass is 35.5. The van der Waals surface area contributed by atoms with Crippen molar-refractivity contribution in [2.45, 2.75) is 19.5 Å². The van der Waals surface area contributed by atoms with Crippen molar-refractivity contribution in [1.82, 2.24) is 15.4 Å². The summed E-state index contributed by atoms with van der Waals surface area (Å²) >= 11 is 5.99. The second-order valence-corrected chi connectivity index (χ2v) is 9.89. The number of carbonyl (C=O) groups excluding carboxylic acids is 2. The van der Waals surface area contributed by atoms with E-state index in [0.717, 1.165) is 5.01 Å². The average Bonchev–Trinajstić information content (AvgIpc) is 2.87. The molecule has 2 amide bonds. The van der Waals surface area contributed by atoms with Crippen LogP contribution in [0.3, 0.4) is 0 Å². The summed E-state index contributed by atoms with van der Waals surface area (Å²) in [6, 6.07) is 8.77. The second-order valence-electron chi connectivity index (χ2n) is 8.27. The lowest BCUT2D eigenvalue weighted by atomic mass is 10.2. The number of pyridine rings is 1. The van der Waals surface area contributed by atoms with E-state index in [4.69, 9.17) is 30.9 Å². The lowest BCUT2D eigenvalue weighted by molar-refractivity contribution is -0.138. The molecule has 2 aromatic carbocycles. The van der Waals surface area contributed by atoms with E-state index in [0.29, 0.717) is 16.3 Å². The molecular weight excluding hydrogens is 577 g/mol. The van der Waals surface area contributed by atoms with Crippen LogP contribution in [-0.2, 0) is 29.9 Å². The van der Waals surface area contributed by atoms with E-state index in [1.165, 1.54) is 49.5 Å². The Morgan fingerprint density at radius 3 is 2.62 bits per heavy atom. The summed E-state index contributed by atoms with van der Waals surface area (Å²) in [6.45, 7) is -0.211. The zero-order valence-corrected chi connectivity index (χ0v) is 22.7. The number of benzene rings is 2. The number of phosphoric acid groups is 1. The van der Waals surface area contributed by atoms with Gasteiger partial charge in [-0.3, -0.25) is 19.6 Å². The van der Waals surface area contributed by atoms with Crippen molar-refractivity contribution in [3.05, 3.63) is 70.9 Å². The number of anilines is 1. The van der Waals surface area contributed by atoms with Crippen LogP contribution < -0.4 is 10.7 Å². The lowest BCUT2D eigenvalue weighted by Gasteiger charge is -2.31. The molecule has 0 fully saturated rings. The molecule has 0 radical (unpaired) electrons. The number of fused-ring (bicyclic) bond motifs is 1. The molecular formula is C24H26ClF2N4O8P. The number of aromatic nitrogens is 1. The SMILES string of the molecule is CC(=O)N(NCc1cccc(F)c1Cl)[C@@H](COCCOP(=O)(O)O)COC(=O)Nc1cc2cc(F)ccc2cn1. The Morgan fingerprint density at radius 1 is 1.12 bits per heavy atom. The molecule has 0 saturated carbocycles. The molecule has 16 heteroatoms. The first kappa shape index (κ1) is 31.3. The molecule has 0 bridgehead atoms. The molecule has 40 heavy (non-hydrogen) atoms. The molecule has 0 unspecified atom stereocenters. The number of nitrogens with one attached hydrogen (secondary N) is 2. The number of carbonyl (C=O) groups is 2. The standard InChI is InChI=1S/C24H26ClF2N4O8P/c1-15(32)31(29-12-17-3-2-4-21(27)23(17)25)20(13-37-7-8-39-40(34,35)36)14-38-24(33)30-22-10-18-9-19(26)6-5-16(18)11-28-22/h2-6,9-11,20,29H,7-8,12-14H2,1H3,(H,28,30,33)(H2,34,35,36)/t20-/m0/s1. The molecule has 0 aliphatic heterocycles. The minimum Gasteiger partial charge on any atom is -0.447 e. The lowest BCUT2D eigenvalue weighted by Crippen LogP contribution is -2.52. The van der Waals surface area contributed by atoms with Crippen molar-refractivity contribution in [3.63, 3.8) is 0 Å². The molecule has 3 aromatic rings. The number of amides is 2. The summed E-state index contributed by atoms with van der Waals surface area (Å²) in [6.07, 6.45) is 0.509. The van der Waals surface area contributed by atoms with E-state index in [9.17, 15) is 22.9 Å². The number of hydrogen-bond donors (Lipinski definition) is 4. The molecule has 1 atom stereocenters. The molecule has 0 aliphatic rings. The average molecular weight is 603 g/mol. The van der Waals surface area contributed by atoms with Gasteiger partial charge in [0.2, 0.25) is 5.91 Å². The van der Waals surface area contributed by atoms with Gasteiger partial charge in [-0.2, -0.15) is 0 Å². The van der Waals surface area contributed by atoms with Crippen LogP contribution in [0.4, 0.5) is 19.4 Å². The number of nitrogens with zero attached hydrogens (tertiary/aromatic N) is 2. The number of rotatable bonds is 13. The van der Waals surface area contributed by atoms with Gasteiger partial charge in [0, 0.05) is 25.1 Å². The van der Waals surface area contributed by atoms with Crippen LogP contribution in [0.2, 0.25) is 5.02 Å². The fourth-order valence-electron chi connectivity index (χ4n) is 3.48. The first-order valence-electron chi connectivity index (χ1n) is 11.7. The van der Waals surface area contributed by atoms with Crippen molar-refractivity contribution < 1.29 is 46.7 Å². The molecule has 12 nitrogen and oxygen atoms in total. The molecule has 216 valence electrons. The van der Waals surface area contributed by atoms with E-state index in [2.05, 4.69) is 20.3 Å². The first-order chi connectivity index (χ1) is 18.9. The normalized spacial score (nSPS) is 12.2. The molecule has 0 saturated heterocycles. The Bertz CT molecular complexity index is 1400. The van der Waals surface area contributed by atoms with Crippen molar-refractivity contribution in [2.24, 2.45) is 0 Å². The van der Waals surface area contributed by atoms with Gasteiger partial charge in [0.25, 0.3) is 0 Å². The van der Waals surface area contributed by atoms with Gasteiger partial charge in [-0.15, -0.1) is 0 Å². The minimum atomic E-state index is -4.70. The number of hydrazine groups is 1. The summed E-state index contributed by atoms with van der Waals surface area (Å²) in [7, 11) is -4.70. The Morgan fingerprint density at radius 2 is 1.90 bits per heavy atom. The van der Waals surface area contributed by atoms with Gasteiger partial charge >= 0.3 is 13.9 Å². The topological polar surface area (TPSA) is 160 Å². The van der Waals surface area contributed by atoms with E-state index in [-0.39, 0.29) is 30.6 Å². The zero-order valence-electron chi connectivity index (χ0n) is 21.1. The number of halogens is 3. The summed E-state index contributed by atoms with van der Waals surface area (Å²) < 4.78 is 53.2. The van der Waals surface area contributed by atoms with E-state index < -0.39 is 50.7 Å². The van der Waals surface area contributed by atoms with Gasteiger partial charge in [0.05, 0.1) is 24.8 Å². The van der Waals surface area contributed by atoms with Crippen LogP contribution in [0.25, 0.3) is 10.8 Å². The molecule has 0 aliphatic carbocycles. The Kier molecular flexibility index (Phi) is 11.3. The van der Waals surface area contributed by atoms with Crippen LogP contribution >= 0.6 is 19.4 Å². The van der Waals surface area contributed by atoms with Gasteiger partial charge in [0.1, 0.15) is 30.1 Å². The predicted octanol–water partition coefficient (Wildman–Crippen LogP) is 3.76. The summed E-state index contributed by atoms with van der Waals surface area (Å²) in [4.78, 5) is 46.6. The third-order valence-electron chi connectivity index (χ3n) is 5.29. The van der Waals surface area contributed by atoms with E-state index >= 15 is 0 Å². The smallest absolute Gasteiger partial charge is 0.447 e. The Balaban J connectivity index is 1.67. The van der Waals surface area contributed by atoms with Gasteiger partial charge in [-0.25, -0.2) is 28.6 Å². The van der Waals surface area contributed by atoms with Crippen molar-refractivity contribution in [2.75, 3.05) is 31.7 Å². The third-order valence-corrected chi connectivity index (χ3v) is 6.24. The van der Waals surface area contributed by atoms with Crippen molar-refractivity contribution in [3.8, 4) is 0 Å². The maximum absolute atomic E-state index is 13.8. The minimum absolute atomic E-state index is 0.0717. The molecule has 0 spiro atoms. The third kappa shape index (κ3) is 9.75. The second kappa shape index (κ2) is 14.4. The van der Waals surface area contributed by atoms with E-state index in [1.54, 1.807) is 6.07 Å². The van der Waals surface area contributed by atoms with Crippen LogP contribution in [-0.4, -0.2) is 64.2 Å². The van der Waals surface area contributed by atoms with Crippen LogP contribution in [0.5, 0.6) is 0 Å². The van der Waals surface area contributed by atoms with Gasteiger partial charge in [-0.05, 0) is 41.3 Å². The van der Waals surface area contributed by atoms with Gasteiger partial charge < -0.3 is 19.3 Å². The largest absolute Gasteiger partial charge is 0.469 e. The van der Waals surface area contributed by atoms with Crippen molar-refractivity contribution in [1.29, 1.82) is 0 Å².